The first-order valence-electron chi connectivity index (χ1n) is 16.8. The molecule has 48 heavy (non-hydrogen) atoms. The second-order valence-corrected chi connectivity index (χ2v) is 19.2. The largest absolute Gasteiger partial charge is 0.432 e. The Kier molecular flexibility index (Phi) is 8.64. The first kappa shape index (κ1) is 33.2. The molecule has 4 aliphatic rings. The number of anilines is 2. The zero-order valence-corrected chi connectivity index (χ0v) is 30.2. The van der Waals surface area contributed by atoms with Crippen LogP contribution < -0.4 is 9.80 Å². The van der Waals surface area contributed by atoms with Gasteiger partial charge < -0.3 is 29.3 Å². The lowest BCUT2D eigenvalue weighted by molar-refractivity contribution is -0.151. The van der Waals surface area contributed by atoms with Crippen LogP contribution in [0, 0.1) is 5.92 Å². The van der Waals surface area contributed by atoms with Crippen LogP contribution in [0.4, 0.5) is 11.4 Å². The number of aliphatic hydroxyl groups excluding tert-OH is 1. The highest BCUT2D eigenvalue weighted by Gasteiger charge is 2.66. The fourth-order valence-corrected chi connectivity index (χ4v) is 11.6. The van der Waals surface area contributed by atoms with Gasteiger partial charge in [-0.25, -0.2) is 0 Å². The molecule has 0 unspecified atom stereocenters. The molecule has 2 N–H and O–H groups in total. The Balaban J connectivity index is 1.22. The molecule has 1 spiro atoms. The van der Waals surface area contributed by atoms with Gasteiger partial charge in [-0.3, -0.25) is 14.4 Å². The summed E-state index contributed by atoms with van der Waals surface area (Å²) < 4.78 is 7.74. The normalized spacial score (nSPS) is 26.8. The lowest BCUT2D eigenvalue weighted by Gasteiger charge is -2.37. The van der Waals surface area contributed by atoms with Crippen molar-refractivity contribution in [2.75, 3.05) is 23.0 Å². The Bertz CT molecular complexity index is 1780. The molecular formula is C37H42BrN3O6Si. The number of hydrogen-bond donors (Lipinski definition) is 2. The van der Waals surface area contributed by atoms with Crippen molar-refractivity contribution in [1.82, 2.24) is 4.90 Å². The van der Waals surface area contributed by atoms with Crippen molar-refractivity contribution in [3.63, 3.8) is 0 Å². The van der Waals surface area contributed by atoms with Crippen molar-refractivity contribution < 1.29 is 29.0 Å². The summed E-state index contributed by atoms with van der Waals surface area (Å²) in [7, 11) is -3.00. The molecule has 4 heterocycles. The van der Waals surface area contributed by atoms with E-state index in [9.17, 15) is 24.3 Å². The Hall–Kier alpha value is -3.35. The maximum absolute atomic E-state index is 14.9. The van der Waals surface area contributed by atoms with Crippen molar-refractivity contribution in [3.05, 3.63) is 93.5 Å². The van der Waals surface area contributed by atoms with Gasteiger partial charge in [0.15, 0.2) is 13.9 Å². The summed E-state index contributed by atoms with van der Waals surface area (Å²) in [5.41, 5.74) is 3.54. The Morgan fingerprint density at radius 1 is 1.06 bits per heavy atom. The fourth-order valence-electron chi connectivity index (χ4n) is 8.66. The van der Waals surface area contributed by atoms with E-state index < -0.39 is 31.5 Å². The predicted molar refractivity (Wildman–Crippen MR) is 189 cm³/mol. The minimum atomic E-state index is -3.00. The molecule has 7 rings (SSSR count). The van der Waals surface area contributed by atoms with E-state index in [0.717, 1.165) is 44.5 Å². The highest BCUT2D eigenvalue weighted by atomic mass is 79.9. The summed E-state index contributed by atoms with van der Waals surface area (Å²) in [6.45, 7) is 6.87. The second-order valence-electron chi connectivity index (χ2n) is 14.3. The van der Waals surface area contributed by atoms with E-state index in [4.69, 9.17) is 4.74 Å². The Morgan fingerprint density at radius 3 is 2.54 bits per heavy atom. The van der Waals surface area contributed by atoms with Gasteiger partial charge in [0.05, 0.1) is 37.4 Å². The number of halogens is 1. The van der Waals surface area contributed by atoms with Crippen LogP contribution in [0.25, 0.3) is 0 Å². The van der Waals surface area contributed by atoms with Gasteiger partial charge in [-0.05, 0) is 73.0 Å². The zero-order valence-electron chi connectivity index (χ0n) is 27.6. The minimum Gasteiger partial charge on any atom is -0.432 e. The maximum Gasteiger partial charge on any atom is 0.264 e. The van der Waals surface area contributed by atoms with Gasteiger partial charge in [-0.15, -0.1) is 0 Å². The summed E-state index contributed by atoms with van der Waals surface area (Å²) in [5, 5.41) is 10.3. The molecule has 252 valence electrons. The van der Waals surface area contributed by atoms with E-state index >= 15 is 0 Å². The van der Waals surface area contributed by atoms with Crippen molar-refractivity contribution in [2.45, 2.75) is 82.1 Å². The number of benzene rings is 3. The number of hydrogen-bond acceptors (Lipinski definition) is 6. The number of aliphatic hydroxyl groups is 1. The molecule has 5 atom stereocenters. The summed E-state index contributed by atoms with van der Waals surface area (Å²) in [6, 6.07) is 21.2. The molecule has 3 aromatic rings. The fraction of sp³-hybridized carbons (Fsp3) is 0.432. The summed E-state index contributed by atoms with van der Waals surface area (Å²) in [6.07, 6.45) is 1.23. The van der Waals surface area contributed by atoms with Crippen molar-refractivity contribution in [1.29, 1.82) is 0 Å². The van der Waals surface area contributed by atoms with Gasteiger partial charge in [0.1, 0.15) is 0 Å². The van der Waals surface area contributed by atoms with E-state index in [1.165, 1.54) is 0 Å². The molecule has 0 radical (unpaired) electrons. The van der Waals surface area contributed by atoms with E-state index in [2.05, 4.69) is 15.9 Å². The monoisotopic (exact) mass is 731 g/mol. The molecule has 0 saturated carbocycles. The van der Waals surface area contributed by atoms with Crippen LogP contribution in [-0.4, -0.2) is 66.1 Å². The highest BCUT2D eigenvalue weighted by Crippen LogP contribution is 2.60. The van der Waals surface area contributed by atoms with Crippen LogP contribution in [-0.2, 0) is 44.2 Å². The lowest BCUT2D eigenvalue weighted by atomic mass is 9.82. The third-order valence-corrected chi connectivity index (χ3v) is 13.8. The van der Waals surface area contributed by atoms with Gasteiger partial charge in [-0.2, -0.15) is 0 Å². The number of ether oxygens (including phenoxy) is 1. The Morgan fingerprint density at radius 2 is 1.83 bits per heavy atom. The number of nitrogens with zero attached hydrogens (tertiary/aromatic N) is 3. The average Bonchev–Trinajstić information content (AvgIpc) is 3.69. The molecule has 0 aliphatic carbocycles. The summed E-state index contributed by atoms with van der Waals surface area (Å²) in [4.78, 5) is 58.5. The van der Waals surface area contributed by atoms with Crippen molar-refractivity contribution in [3.8, 4) is 0 Å². The Labute approximate surface area is 290 Å². The van der Waals surface area contributed by atoms with Crippen LogP contribution in [0.1, 0.15) is 48.4 Å². The molecule has 2 saturated heterocycles. The van der Waals surface area contributed by atoms with Crippen LogP contribution in [0.15, 0.2) is 71.2 Å². The van der Waals surface area contributed by atoms with Crippen molar-refractivity contribution >= 4 is 53.3 Å². The van der Waals surface area contributed by atoms with Crippen LogP contribution in [0.2, 0.25) is 18.6 Å². The third kappa shape index (κ3) is 5.53. The maximum atomic E-state index is 14.9. The van der Waals surface area contributed by atoms with E-state index in [1.807, 2.05) is 86.7 Å². The third-order valence-electron chi connectivity index (χ3n) is 10.8. The van der Waals surface area contributed by atoms with Crippen LogP contribution in [0.3, 0.4) is 0 Å². The minimum absolute atomic E-state index is 0.00502. The summed E-state index contributed by atoms with van der Waals surface area (Å²) >= 11 is 3.62. The molecule has 3 amide bonds. The molecule has 2 fully saturated rings. The topological polar surface area (TPSA) is 111 Å². The van der Waals surface area contributed by atoms with Gasteiger partial charge in [-0.1, -0.05) is 59.3 Å². The van der Waals surface area contributed by atoms with Crippen LogP contribution in [0.5, 0.6) is 0 Å². The lowest BCUT2D eigenvalue weighted by Crippen LogP contribution is -2.48. The van der Waals surface area contributed by atoms with E-state index in [0.29, 0.717) is 25.9 Å². The molecule has 3 aromatic carbocycles. The molecule has 4 aliphatic heterocycles. The number of amides is 3. The first-order valence-corrected chi connectivity index (χ1v) is 20.6. The quantitative estimate of drug-likeness (QED) is 0.321. The number of carbonyl (C=O) groups is 3. The predicted octanol–water partition coefficient (Wildman–Crippen LogP) is 5.26. The van der Waals surface area contributed by atoms with Crippen molar-refractivity contribution in [2.24, 2.45) is 5.92 Å². The SMILES string of the molecule is C[C@H]1[C@H]([Si](C)(C)O)[C@@H](CC(=O)N2Cc3ccccc3C[C@H]2CO)O[C@]12C(=O)N(Cc1cccc(N3CCCC3=O)c1)c1ccc(Br)cc12. The number of carbonyl (C=O) groups excluding carboxylic acids is 3. The molecule has 0 bridgehead atoms. The molecule has 11 heteroatoms. The van der Waals surface area contributed by atoms with E-state index in [-0.39, 0.29) is 43.3 Å². The molecule has 0 aromatic heterocycles. The van der Waals surface area contributed by atoms with Gasteiger partial charge >= 0.3 is 0 Å². The highest BCUT2D eigenvalue weighted by molar-refractivity contribution is 9.10. The van der Waals surface area contributed by atoms with Gasteiger partial charge in [0, 0.05) is 46.7 Å². The zero-order chi connectivity index (χ0) is 34.0. The first-order chi connectivity index (χ1) is 22.9. The van der Waals surface area contributed by atoms with Gasteiger partial charge in [0.2, 0.25) is 11.8 Å². The second kappa shape index (κ2) is 12.5. The van der Waals surface area contributed by atoms with E-state index in [1.54, 1.807) is 14.7 Å². The van der Waals surface area contributed by atoms with Crippen LogP contribution >= 0.6 is 15.9 Å². The number of rotatable bonds is 7. The summed E-state index contributed by atoms with van der Waals surface area (Å²) in [5.74, 6) is -0.694. The molecule has 9 nitrogen and oxygen atoms in total. The number of fused-ring (bicyclic) bond motifs is 3. The average molecular weight is 733 g/mol. The standard InChI is InChI=1S/C37H42BrN3O6Si/c1-23-35(48(2,3)46)32(19-34(44)40-21-26-10-5-4-9-25(26)17-29(40)22-42)47-37(23)30-18-27(38)13-14-31(30)41(36(37)45)20-24-8-6-11-28(16-24)39-15-7-12-33(39)43/h4-6,8-11,13-14,16,18,23,29,32,35,42,46H,7,12,15,17,19-22H2,1-3H3/t23-,29-,32+,35-,37+/m0/s1. The molecular weight excluding hydrogens is 690 g/mol. The smallest absolute Gasteiger partial charge is 0.264 e. The van der Waals surface area contributed by atoms with Gasteiger partial charge in [0.25, 0.3) is 5.91 Å².